The number of hydrogen-bond donors (Lipinski definition) is 3. The van der Waals surface area contributed by atoms with E-state index in [0.29, 0.717) is 18.7 Å². The second-order valence-corrected chi connectivity index (χ2v) is 5.84. The first-order chi connectivity index (χ1) is 10.0. The molecule has 0 radical (unpaired) electrons. The Morgan fingerprint density at radius 1 is 1.24 bits per heavy atom. The van der Waals surface area contributed by atoms with Gasteiger partial charge in [-0.05, 0) is 48.9 Å². The Morgan fingerprint density at radius 3 is 2.38 bits per heavy atom. The monoisotopic (exact) mass is 290 g/mol. The highest BCUT2D eigenvalue weighted by molar-refractivity contribution is 5.94. The minimum absolute atomic E-state index is 0.128. The summed E-state index contributed by atoms with van der Waals surface area (Å²) in [4.78, 5) is 23.0. The van der Waals surface area contributed by atoms with Gasteiger partial charge in [0.25, 0.3) is 5.91 Å². The Bertz CT molecular complexity index is 507. The van der Waals surface area contributed by atoms with E-state index in [4.69, 9.17) is 10.8 Å². The summed E-state index contributed by atoms with van der Waals surface area (Å²) in [5.41, 5.74) is 6.94. The molecule has 5 nitrogen and oxygen atoms in total. The van der Waals surface area contributed by atoms with E-state index >= 15 is 0 Å². The molecule has 0 unspecified atom stereocenters. The zero-order valence-corrected chi connectivity index (χ0v) is 12.1. The molecule has 1 fully saturated rings. The van der Waals surface area contributed by atoms with Gasteiger partial charge < -0.3 is 16.2 Å². The highest BCUT2D eigenvalue weighted by atomic mass is 16.4. The highest BCUT2D eigenvalue weighted by Crippen LogP contribution is 2.43. The van der Waals surface area contributed by atoms with Crippen LogP contribution in [-0.4, -0.2) is 30.1 Å². The zero-order valence-electron chi connectivity index (χ0n) is 12.1. The molecular formula is C16H22N2O3. The van der Waals surface area contributed by atoms with E-state index in [-0.39, 0.29) is 17.7 Å². The molecule has 0 bridgehead atoms. The van der Waals surface area contributed by atoms with Gasteiger partial charge in [-0.1, -0.05) is 18.6 Å². The van der Waals surface area contributed by atoms with Crippen molar-refractivity contribution in [1.29, 1.82) is 0 Å². The van der Waals surface area contributed by atoms with Crippen LogP contribution < -0.4 is 11.1 Å². The number of carboxylic acid groups (broad SMARTS) is 1. The summed E-state index contributed by atoms with van der Waals surface area (Å²) in [6, 6.07) is 7.37. The van der Waals surface area contributed by atoms with Crippen molar-refractivity contribution in [3.8, 4) is 0 Å². The van der Waals surface area contributed by atoms with E-state index in [9.17, 15) is 9.59 Å². The maximum Gasteiger partial charge on any atom is 0.303 e. The van der Waals surface area contributed by atoms with E-state index in [1.807, 2.05) is 12.1 Å². The fourth-order valence-electron chi connectivity index (χ4n) is 2.77. The molecule has 0 atom stereocenters. The second-order valence-electron chi connectivity index (χ2n) is 5.84. The summed E-state index contributed by atoms with van der Waals surface area (Å²) in [5, 5.41) is 11.8. The highest BCUT2D eigenvalue weighted by Gasteiger charge is 2.39. The summed E-state index contributed by atoms with van der Waals surface area (Å²) in [5.74, 6) is -0.943. The van der Waals surface area contributed by atoms with Crippen molar-refractivity contribution in [2.24, 2.45) is 11.1 Å². The van der Waals surface area contributed by atoms with Crippen molar-refractivity contribution in [1.82, 2.24) is 5.32 Å². The summed E-state index contributed by atoms with van der Waals surface area (Å²) in [7, 11) is 0. The number of hydrogen-bond acceptors (Lipinski definition) is 3. The molecular weight excluding hydrogens is 268 g/mol. The van der Waals surface area contributed by atoms with Crippen molar-refractivity contribution in [3.05, 3.63) is 35.4 Å². The molecule has 1 aromatic rings. The number of amides is 1. The summed E-state index contributed by atoms with van der Waals surface area (Å²) in [6.07, 6.45) is 3.70. The molecule has 1 saturated carbocycles. The molecule has 5 heteroatoms. The smallest absolute Gasteiger partial charge is 0.303 e. The predicted molar refractivity (Wildman–Crippen MR) is 80.1 cm³/mol. The maximum atomic E-state index is 12.1. The topological polar surface area (TPSA) is 92.4 Å². The lowest BCUT2D eigenvalue weighted by Gasteiger charge is -2.40. The molecule has 0 aliphatic heterocycles. The van der Waals surface area contributed by atoms with Gasteiger partial charge in [0, 0.05) is 12.1 Å². The van der Waals surface area contributed by atoms with E-state index in [1.165, 1.54) is 0 Å². The van der Waals surface area contributed by atoms with Crippen LogP contribution >= 0.6 is 0 Å². The van der Waals surface area contributed by atoms with E-state index in [2.05, 4.69) is 5.32 Å². The Hall–Kier alpha value is -1.88. The molecule has 0 aromatic heterocycles. The lowest BCUT2D eigenvalue weighted by molar-refractivity contribution is -0.141. The number of nitrogens with two attached hydrogens (primary N) is 1. The quantitative estimate of drug-likeness (QED) is 0.710. The van der Waals surface area contributed by atoms with Crippen LogP contribution in [0, 0.1) is 5.41 Å². The van der Waals surface area contributed by atoms with Gasteiger partial charge in [-0.3, -0.25) is 9.59 Å². The molecule has 1 aromatic carbocycles. The number of carbonyl (C=O) groups excluding carboxylic acids is 1. The largest absolute Gasteiger partial charge is 0.481 e. The van der Waals surface area contributed by atoms with Crippen molar-refractivity contribution >= 4 is 11.9 Å². The van der Waals surface area contributed by atoms with Crippen LogP contribution in [0.25, 0.3) is 0 Å². The van der Waals surface area contributed by atoms with Crippen LogP contribution in [0.3, 0.4) is 0 Å². The fraction of sp³-hybridized carbons (Fsp3) is 0.500. The van der Waals surface area contributed by atoms with E-state index in [0.717, 1.165) is 31.2 Å². The maximum absolute atomic E-state index is 12.1. The van der Waals surface area contributed by atoms with E-state index in [1.54, 1.807) is 12.1 Å². The van der Waals surface area contributed by atoms with Gasteiger partial charge in [0.05, 0.1) is 6.42 Å². The molecule has 2 rings (SSSR count). The van der Waals surface area contributed by atoms with Crippen molar-refractivity contribution in [2.75, 3.05) is 13.1 Å². The minimum Gasteiger partial charge on any atom is -0.481 e. The number of rotatable bonds is 7. The van der Waals surface area contributed by atoms with Crippen molar-refractivity contribution in [3.63, 3.8) is 0 Å². The van der Waals surface area contributed by atoms with Gasteiger partial charge in [-0.2, -0.15) is 0 Å². The predicted octanol–water partition coefficient (Wildman–Crippen LogP) is 1.56. The Morgan fingerprint density at radius 2 is 1.90 bits per heavy atom. The van der Waals surface area contributed by atoms with Gasteiger partial charge >= 0.3 is 5.97 Å². The Kier molecular flexibility index (Phi) is 4.96. The lowest BCUT2D eigenvalue weighted by Crippen LogP contribution is -2.43. The number of carbonyl (C=O) groups is 2. The molecule has 1 aliphatic carbocycles. The first-order valence-corrected chi connectivity index (χ1v) is 7.34. The third-order valence-electron chi connectivity index (χ3n) is 4.21. The van der Waals surface area contributed by atoms with Crippen LogP contribution in [0.5, 0.6) is 0 Å². The zero-order chi connectivity index (χ0) is 15.3. The van der Waals surface area contributed by atoms with Crippen molar-refractivity contribution in [2.45, 2.75) is 32.1 Å². The van der Waals surface area contributed by atoms with Crippen LogP contribution in [-0.2, 0) is 11.2 Å². The minimum atomic E-state index is -0.796. The van der Waals surface area contributed by atoms with Gasteiger partial charge in [-0.15, -0.1) is 0 Å². The fourth-order valence-corrected chi connectivity index (χ4v) is 2.77. The molecule has 1 aliphatic rings. The lowest BCUT2D eigenvalue weighted by atomic mass is 9.66. The Balaban J connectivity index is 1.90. The molecule has 1 amide bonds. The molecule has 114 valence electrons. The van der Waals surface area contributed by atoms with Crippen LogP contribution in [0.4, 0.5) is 0 Å². The van der Waals surface area contributed by atoms with Gasteiger partial charge in [0.1, 0.15) is 0 Å². The van der Waals surface area contributed by atoms with E-state index < -0.39 is 5.97 Å². The first kappa shape index (κ1) is 15.5. The third-order valence-corrected chi connectivity index (χ3v) is 4.21. The molecule has 21 heavy (non-hydrogen) atoms. The molecule has 0 heterocycles. The summed E-state index contributed by atoms with van der Waals surface area (Å²) < 4.78 is 0. The number of benzene rings is 1. The van der Waals surface area contributed by atoms with Crippen LogP contribution in [0.15, 0.2) is 24.3 Å². The van der Waals surface area contributed by atoms with Crippen molar-refractivity contribution < 1.29 is 14.7 Å². The van der Waals surface area contributed by atoms with Crippen LogP contribution in [0.2, 0.25) is 0 Å². The van der Waals surface area contributed by atoms with Gasteiger partial charge in [0.2, 0.25) is 0 Å². The third kappa shape index (κ3) is 4.04. The molecule has 0 spiro atoms. The summed E-state index contributed by atoms with van der Waals surface area (Å²) >= 11 is 0. The average Bonchev–Trinajstić information content (AvgIpc) is 2.42. The van der Waals surface area contributed by atoms with Gasteiger partial charge in [-0.25, -0.2) is 0 Å². The average molecular weight is 290 g/mol. The Labute approximate surface area is 124 Å². The number of aliphatic carboxylic acids is 1. The SMILES string of the molecule is NCCc1ccc(C(=O)NCC2(CC(=O)O)CCC2)cc1. The molecule has 4 N–H and O–H groups in total. The first-order valence-electron chi connectivity index (χ1n) is 7.34. The summed E-state index contributed by atoms with van der Waals surface area (Å²) in [6.45, 7) is 1.02. The second kappa shape index (κ2) is 6.72. The standard InChI is InChI=1S/C16H22N2O3/c17-9-6-12-2-4-13(5-3-12)15(21)18-11-16(7-1-8-16)10-14(19)20/h2-5H,1,6-11,17H2,(H,18,21)(H,19,20). The van der Waals surface area contributed by atoms with Gasteiger partial charge in [0.15, 0.2) is 0 Å². The normalized spacial score (nSPS) is 16.0. The van der Waals surface area contributed by atoms with Crippen LogP contribution in [0.1, 0.15) is 41.6 Å². The molecule has 0 saturated heterocycles. The number of nitrogens with one attached hydrogen (secondary N) is 1. The number of carboxylic acids is 1.